The van der Waals surface area contributed by atoms with E-state index in [1.165, 1.54) is 0 Å². The van der Waals surface area contributed by atoms with E-state index in [2.05, 4.69) is 11.9 Å². The van der Waals surface area contributed by atoms with Crippen LogP contribution in [-0.4, -0.2) is 29.4 Å². The number of pyridine rings is 1. The van der Waals surface area contributed by atoms with Gasteiger partial charge in [0.2, 0.25) is 0 Å². The molecule has 1 aliphatic rings. The highest BCUT2D eigenvalue weighted by atomic mass is 19.1. The van der Waals surface area contributed by atoms with Gasteiger partial charge in [-0.15, -0.1) is 0 Å². The van der Waals surface area contributed by atoms with Crippen LogP contribution in [0.4, 0.5) is 10.2 Å². The number of carbonyl (C=O) groups excluding carboxylic acids is 1. The molecule has 17 heavy (non-hydrogen) atoms. The largest absolute Gasteiger partial charge is 0.383 e. The summed E-state index contributed by atoms with van der Waals surface area (Å²) in [6.07, 6.45) is 2.16. The minimum Gasteiger partial charge on any atom is -0.383 e. The van der Waals surface area contributed by atoms with E-state index < -0.39 is 5.82 Å². The van der Waals surface area contributed by atoms with Crippen LogP contribution in [0.25, 0.3) is 0 Å². The van der Waals surface area contributed by atoms with Crippen LogP contribution in [-0.2, 0) is 0 Å². The second kappa shape index (κ2) is 4.31. The van der Waals surface area contributed by atoms with Gasteiger partial charge in [-0.3, -0.25) is 4.79 Å². The molecule has 0 aliphatic heterocycles. The molecule has 1 amide bonds. The van der Waals surface area contributed by atoms with Crippen LogP contribution < -0.4 is 5.73 Å². The average molecular weight is 237 g/mol. The third-order valence-electron chi connectivity index (χ3n) is 3.25. The van der Waals surface area contributed by atoms with Gasteiger partial charge in [0.25, 0.3) is 5.91 Å². The molecule has 1 heterocycles. The summed E-state index contributed by atoms with van der Waals surface area (Å²) in [5, 5.41) is 0. The van der Waals surface area contributed by atoms with Crippen molar-refractivity contribution >= 4 is 11.7 Å². The maximum absolute atomic E-state index is 13.0. The summed E-state index contributed by atoms with van der Waals surface area (Å²) in [6, 6.07) is 1.14. The minimum atomic E-state index is -0.546. The topological polar surface area (TPSA) is 59.2 Å². The molecule has 1 fully saturated rings. The second-order valence-electron chi connectivity index (χ2n) is 4.75. The number of nitrogens with zero attached hydrogens (tertiary/aromatic N) is 2. The molecular weight excluding hydrogens is 221 g/mol. The minimum absolute atomic E-state index is 0.0760. The fourth-order valence-corrected chi connectivity index (χ4v) is 1.91. The molecule has 92 valence electrons. The van der Waals surface area contributed by atoms with Crippen LogP contribution in [0, 0.1) is 17.7 Å². The van der Waals surface area contributed by atoms with E-state index in [9.17, 15) is 9.18 Å². The maximum atomic E-state index is 13.0. The lowest BCUT2D eigenvalue weighted by atomic mass is 10.2. The number of aromatic nitrogens is 1. The zero-order chi connectivity index (χ0) is 12.6. The highest BCUT2D eigenvalue weighted by molar-refractivity contribution is 5.98. The first-order valence-corrected chi connectivity index (χ1v) is 5.65. The van der Waals surface area contributed by atoms with E-state index in [4.69, 9.17) is 5.73 Å². The third kappa shape index (κ3) is 2.54. The van der Waals surface area contributed by atoms with Crippen molar-refractivity contribution in [2.45, 2.75) is 13.3 Å². The predicted molar refractivity (Wildman–Crippen MR) is 62.8 cm³/mol. The van der Waals surface area contributed by atoms with Crippen molar-refractivity contribution in [3.63, 3.8) is 0 Å². The lowest BCUT2D eigenvalue weighted by molar-refractivity contribution is 0.0787. The van der Waals surface area contributed by atoms with Crippen LogP contribution >= 0.6 is 0 Å². The molecule has 1 saturated carbocycles. The summed E-state index contributed by atoms with van der Waals surface area (Å²) in [6.45, 7) is 2.84. The van der Waals surface area contributed by atoms with Crippen molar-refractivity contribution in [3.05, 3.63) is 23.6 Å². The van der Waals surface area contributed by atoms with Crippen molar-refractivity contribution in [3.8, 4) is 0 Å². The number of anilines is 1. The van der Waals surface area contributed by atoms with Gasteiger partial charge in [-0.25, -0.2) is 9.37 Å². The zero-order valence-electron chi connectivity index (χ0n) is 9.98. The summed E-state index contributed by atoms with van der Waals surface area (Å²) in [4.78, 5) is 17.3. The Labute approximate surface area is 99.6 Å². The Morgan fingerprint density at radius 1 is 1.71 bits per heavy atom. The quantitative estimate of drug-likeness (QED) is 0.867. The summed E-state index contributed by atoms with van der Waals surface area (Å²) < 4.78 is 13.0. The first-order chi connectivity index (χ1) is 7.99. The summed E-state index contributed by atoms with van der Waals surface area (Å²) in [5.41, 5.74) is 5.72. The Bertz CT molecular complexity index is 449. The van der Waals surface area contributed by atoms with Crippen molar-refractivity contribution in [2.24, 2.45) is 11.8 Å². The van der Waals surface area contributed by atoms with Gasteiger partial charge in [-0.2, -0.15) is 0 Å². The van der Waals surface area contributed by atoms with E-state index in [-0.39, 0.29) is 17.3 Å². The van der Waals surface area contributed by atoms with Crippen LogP contribution in [0.5, 0.6) is 0 Å². The molecule has 0 aromatic carbocycles. The Morgan fingerprint density at radius 3 is 2.94 bits per heavy atom. The SMILES string of the molecule is CC1CC1CN(C)C(=O)c1cc(F)cnc1N. The lowest BCUT2D eigenvalue weighted by Gasteiger charge is -2.17. The maximum Gasteiger partial charge on any atom is 0.257 e. The Balaban J connectivity index is 2.10. The standard InChI is InChI=1S/C12H16FN3O/c1-7-3-8(7)6-16(2)12(17)10-4-9(13)5-15-11(10)14/h4-5,7-8H,3,6H2,1-2H3,(H2,14,15). The molecule has 0 radical (unpaired) electrons. The van der Waals surface area contributed by atoms with Gasteiger partial charge >= 0.3 is 0 Å². The van der Waals surface area contributed by atoms with Crippen LogP contribution in [0.15, 0.2) is 12.3 Å². The van der Waals surface area contributed by atoms with Gasteiger partial charge in [0.1, 0.15) is 11.6 Å². The lowest BCUT2D eigenvalue weighted by Crippen LogP contribution is -2.30. The molecule has 1 aromatic heterocycles. The molecule has 1 aliphatic carbocycles. The van der Waals surface area contributed by atoms with Crippen LogP contribution in [0.1, 0.15) is 23.7 Å². The molecule has 5 heteroatoms. The van der Waals surface area contributed by atoms with E-state index in [0.717, 1.165) is 18.7 Å². The number of rotatable bonds is 3. The van der Waals surface area contributed by atoms with Crippen molar-refractivity contribution in [1.29, 1.82) is 0 Å². The van der Waals surface area contributed by atoms with Crippen molar-refractivity contribution in [1.82, 2.24) is 9.88 Å². The molecule has 0 spiro atoms. The fraction of sp³-hybridized carbons (Fsp3) is 0.500. The van der Waals surface area contributed by atoms with E-state index in [1.54, 1.807) is 11.9 Å². The normalized spacial score (nSPS) is 22.3. The van der Waals surface area contributed by atoms with Gasteiger partial charge < -0.3 is 10.6 Å². The number of carbonyl (C=O) groups is 1. The molecule has 4 nitrogen and oxygen atoms in total. The van der Waals surface area contributed by atoms with Crippen LogP contribution in [0.2, 0.25) is 0 Å². The van der Waals surface area contributed by atoms with Gasteiger partial charge in [0.05, 0.1) is 11.8 Å². The fourth-order valence-electron chi connectivity index (χ4n) is 1.91. The first kappa shape index (κ1) is 11.8. The predicted octanol–water partition coefficient (Wildman–Crippen LogP) is 1.53. The molecule has 0 saturated heterocycles. The molecule has 2 rings (SSSR count). The number of halogens is 1. The number of hydrogen-bond donors (Lipinski definition) is 1. The molecule has 2 N–H and O–H groups in total. The summed E-state index contributed by atoms with van der Waals surface area (Å²) in [7, 11) is 1.71. The van der Waals surface area contributed by atoms with Gasteiger partial charge in [0, 0.05) is 13.6 Å². The van der Waals surface area contributed by atoms with Crippen molar-refractivity contribution < 1.29 is 9.18 Å². The third-order valence-corrected chi connectivity index (χ3v) is 3.25. The molecule has 2 atom stereocenters. The first-order valence-electron chi connectivity index (χ1n) is 5.65. The van der Waals surface area contributed by atoms with E-state index >= 15 is 0 Å². The molecule has 2 unspecified atom stereocenters. The van der Waals surface area contributed by atoms with Crippen LogP contribution in [0.3, 0.4) is 0 Å². The monoisotopic (exact) mass is 237 g/mol. The smallest absolute Gasteiger partial charge is 0.257 e. The second-order valence-corrected chi connectivity index (χ2v) is 4.75. The van der Waals surface area contributed by atoms with E-state index in [0.29, 0.717) is 18.4 Å². The number of hydrogen-bond acceptors (Lipinski definition) is 3. The Hall–Kier alpha value is -1.65. The molecule has 0 bridgehead atoms. The number of nitrogen functional groups attached to an aromatic ring is 1. The summed E-state index contributed by atoms with van der Waals surface area (Å²) in [5.74, 6) is 0.497. The average Bonchev–Trinajstić information content (AvgIpc) is 2.96. The van der Waals surface area contributed by atoms with Gasteiger partial charge in [-0.1, -0.05) is 6.92 Å². The molecule has 1 aromatic rings. The number of nitrogens with two attached hydrogens (primary N) is 1. The van der Waals surface area contributed by atoms with Gasteiger partial charge in [-0.05, 0) is 24.3 Å². The summed E-state index contributed by atoms with van der Waals surface area (Å²) >= 11 is 0. The highest BCUT2D eigenvalue weighted by Gasteiger charge is 2.34. The number of amides is 1. The van der Waals surface area contributed by atoms with Gasteiger partial charge in [0.15, 0.2) is 0 Å². The highest BCUT2D eigenvalue weighted by Crippen LogP contribution is 2.38. The Morgan fingerprint density at radius 2 is 2.35 bits per heavy atom. The van der Waals surface area contributed by atoms with Crippen molar-refractivity contribution in [2.75, 3.05) is 19.3 Å². The Kier molecular flexibility index (Phi) is 3.00. The van der Waals surface area contributed by atoms with E-state index in [1.807, 2.05) is 0 Å². The molecular formula is C12H16FN3O. The zero-order valence-corrected chi connectivity index (χ0v) is 9.98.